The molecule has 0 aliphatic heterocycles. The van der Waals surface area contributed by atoms with Crippen LogP contribution in [-0.4, -0.2) is 16.4 Å². The largest absolute Gasteiger partial charge is 0.478 e. The van der Waals surface area contributed by atoms with E-state index in [1.807, 2.05) is 14.0 Å². The average Bonchev–Trinajstić information content (AvgIpc) is 2.37. The maximum absolute atomic E-state index is 5.43. The summed E-state index contributed by atoms with van der Waals surface area (Å²) in [7, 11) is 1.88. The van der Waals surface area contributed by atoms with Gasteiger partial charge in [0.25, 0.3) is 0 Å². The number of ether oxygens (including phenoxy) is 1. The van der Waals surface area contributed by atoms with Gasteiger partial charge in [-0.2, -0.15) is 5.10 Å². The Morgan fingerprint density at radius 2 is 2.25 bits per heavy atom. The van der Waals surface area contributed by atoms with Gasteiger partial charge in [-0.15, -0.1) is 0 Å². The fraction of sp³-hybridized carbons (Fsp3) is 0.667. The molecule has 1 radical (unpaired) electrons. The van der Waals surface area contributed by atoms with Crippen molar-refractivity contribution < 1.29 is 4.74 Å². The molecule has 1 rings (SSSR count). The van der Waals surface area contributed by atoms with E-state index in [9.17, 15) is 0 Å². The smallest absolute Gasteiger partial charge is 0.215 e. The normalized spacial score (nSPS) is 10.2. The van der Waals surface area contributed by atoms with Crippen molar-refractivity contribution in [3.05, 3.63) is 11.8 Å². The number of aryl methyl sites for hydroxylation is 2. The minimum Gasteiger partial charge on any atom is -0.478 e. The second kappa shape index (κ2) is 4.14. The molecule has 0 atom stereocenters. The molecule has 0 aromatic carbocycles. The summed E-state index contributed by atoms with van der Waals surface area (Å²) in [4.78, 5) is 0. The van der Waals surface area contributed by atoms with Gasteiger partial charge in [-0.25, -0.2) is 4.68 Å². The van der Waals surface area contributed by atoms with Gasteiger partial charge in [-0.05, 0) is 13.3 Å². The van der Waals surface area contributed by atoms with Crippen LogP contribution >= 0.6 is 0 Å². The van der Waals surface area contributed by atoms with Crippen LogP contribution in [0.25, 0.3) is 0 Å². The van der Waals surface area contributed by atoms with Crippen LogP contribution in [0.3, 0.4) is 0 Å². The predicted molar refractivity (Wildman–Crippen MR) is 47.2 cm³/mol. The first-order valence-corrected chi connectivity index (χ1v) is 4.35. The highest BCUT2D eigenvalue weighted by Crippen LogP contribution is 2.17. The molecule has 1 aromatic heterocycles. The first-order valence-electron chi connectivity index (χ1n) is 4.35. The van der Waals surface area contributed by atoms with Crippen molar-refractivity contribution in [1.82, 2.24) is 9.78 Å². The number of nitrogens with zero attached hydrogens (tertiary/aromatic N) is 2. The van der Waals surface area contributed by atoms with E-state index in [0.29, 0.717) is 6.61 Å². The summed E-state index contributed by atoms with van der Waals surface area (Å²) >= 11 is 0. The quantitative estimate of drug-likeness (QED) is 0.680. The van der Waals surface area contributed by atoms with Gasteiger partial charge in [0.15, 0.2) is 0 Å². The lowest BCUT2D eigenvalue weighted by atomic mass is 10.2. The number of hydrogen-bond donors (Lipinski definition) is 0. The van der Waals surface area contributed by atoms with E-state index in [2.05, 4.69) is 18.2 Å². The van der Waals surface area contributed by atoms with Crippen LogP contribution in [-0.2, 0) is 13.5 Å². The third-order valence-corrected chi connectivity index (χ3v) is 1.67. The molecular formula is C9H15N2O. The topological polar surface area (TPSA) is 27.1 Å². The zero-order valence-electron chi connectivity index (χ0n) is 7.92. The van der Waals surface area contributed by atoms with Crippen molar-refractivity contribution in [2.75, 3.05) is 6.61 Å². The molecule has 12 heavy (non-hydrogen) atoms. The van der Waals surface area contributed by atoms with Crippen molar-refractivity contribution in [3.63, 3.8) is 0 Å². The molecule has 0 saturated heterocycles. The SMILES string of the molecule is CCCc1[c]nn(C)c1OCC. The average molecular weight is 167 g/mol. The summed E-state index contributed by atoms with van der Waals surface area (Å²) < 4.78 is 7.16. The molecule has 1 heterocycles. The number of aromatic nitrogens is 2. The van der Waals surface area contributed by atoms with E-state index in [4.69, 9.17) is 4.74 Å². The molecule has 3 nitrogen and oxygen atoms in total. The Balaban J connectivity index is 2.80. The minimum absolute atomic E-state index is 0.685. The molecule has 0 spiro atoms. The zero-order chi connectivity index (χ0) is 8.97. The molecule has 67 valence electrons. The lowest BCUT2D eigenvalue weighted by Crippen LogP contribution is -2.01. The van der Waals surface area contributed by atoms with Crippen molar-refractivity contribution in [1.29, 1.82) is 0 Å². The third kappa shape index (κ3) is 1.78. The maximum Gasteiger partial charge on any atom is 0.215 e. The van der Waals surface area contributed by atoms with E-state index in [-0.39, 0.29) is 0 Å². The maximum atomic E-state index is 5.43. The summed E-state index contributed by atoms with van der Waals surface area (Å²) in [5.74, 6) is 0.861. The Labute approximate surface area is 73.3 Å². The van der Waals surface area contributed by atoms with Gasteiger partial charge in [0.1, 0.15) is 6.20 Å². The summed E-state index contributed by atoms with van der Waals surface area (Å²) in [6, 6.07) is 0. The summed E-state index contributed by atoms with van der Waals surface area (Å²) in [5.41, 5.74) is 1.09. The van der Waals surface area contributed by atoms with Crippen LogP contribution in [0.5, 0.6) is 5.88 Å². The molecular weight excluding hydrogens is 152 g/mol. The third-order valence-electron chi connectivity index (χ3n) is 1.67. The van der Waals surface area contributed by atoms with Gasteiger partial charge >= 0.3 is 0 Å². The van der Waals surface area contributed by atoms with Crippen LogP contribution in [0.15, 0.2) is 0 Å². The highest BCUT2D eigenvalue weighted by molar-refractivity contribution is 5.22. The Morgan fingerprint density at radius 3 is 2.83 bits per heavy atom. The van der Waals surface area contributed by atoms with Crippen LogP contribution in [0.1, 0.15) is 25.8 Å². The predicted octanol–water partition coefficient (Wildman–Crippen LogP) is 1.57. The molecule has 0 amide bonds. The summed E-state index contributed by atoms with van der Waals surface area (Å²) in [6.45, 7) is 4.80. The molecule has 0 aliphatic rings. The minimum atomic E-state index is 0.685. The first kappa shape index (κ1) is 9.10. The Hall–Kier alpha value is -0.990. The lowest BCUT2D eigenvalue weighted by molar-refractivity contribution is 0.306. The monoisotopic (exact) mass is 167 g/mol. The highest BCUT2D eigenvalue weighted by atomic mass is 16.5. The number of rotatable bonds is 4. The van der Waals surface area contributed by atoms with E-state index >= 15 is 0 Å². The molecule has 0 unspecified atom stereocenters. The van der Waals surface area contributed by atoms with E-state index in [1.54, 1.807) is 4.68 Å². The van der Waals surface area contributed by atoms with Gasteiger partial charge in [-0.3, -0.25) is 0 Å². The second-order valence-corrected chi connectivity index (χ2v) is 2.70. The molecule has 3 heteroatoms. The van der Waals surface area contributed by atoms with E-state index in [0.717, 1.165) is 24.3 Å². The highest BCUT2D eigenvalue weighted by Gasteiger charge is 2.08. The first-order chi connectivity index (χ1) is 5.79. The van der Waals surface area contributed by atoms with Gasteiger partial charge in [0, 0.05) is 12.6 Å². The number of hydrogen-bond acceptors (Lipinski definition) is 2. The van der Waals surface area contributed by atoms with Crippen molar-refractivity contribution >= 4 is 0 Å². The van der Waals surface area contributed by atoms with Gasteiger partial charge in [-0.1, -0.05) is 13.3 Å². The molecule has 0 saturated carbocycles. The van der Waals surface area contributed by atoms with Crippen molar-refractivity contribution in [2.24, 2.45) is 7.05 Å². The molecule has 0 bridgehead atoms. The van der Waals surface area contributed by atoms with Crippen LogP contribution < -0.4 is 4.74 Å². The Morgan fingerprint density at radius 1 is 1.50 bits per heavy atom. The fourth-order valence-electron chi connectivity index (χ4n) is 1.15. The van der Waals surface area contributed by atoms with Crippen molar-refractivity contribution in [2.45, 2.75) is 26.7 Å². The molecule has 0 N–H and O–H groups in total. The fourth-order valence-corrected chi connectivity index (χ4v) is 1.15. The molecule has 1 aromatic rings. The van der Waals surface area contributed by atoms with E-state index < -0.39 is 0 Å². The Bertz CT molecular complexity index is 243. The Kier molecular flexibility index (Phi) is 3.14. The molecule has 0 aliphatic carbocycles. The van der Waals surface area contributed by atoms with Gasteiger partial charge < -0.3 is 4.74 Å². The van der Waals surface area contributed by atoms with Gasteiger partial charge in [0.2, 0.25) is 5.88 Å². The standard InChI is InChI=1S/C9H15N2O/c1-4-6-8-7-10-11(3)9(8)12-5-2/h4-6H2,1-3H3. The lowest BCUT2D eigenvalue weighted by Gasteiger charge is -2.04. The summed E-state index contributed by atoms with van der Waals surface area (Å²) in [5, 5.41) is 4.02. The van der Waals surface area contributed by atoms with E-state index in [1.165, 1.54) is 0 Å². The van der Waals surface area contributed by atoms with Crippen LogP contribution in [0, 0.1) is 6.20 Å². The second-order valence-electron chi connectivity index (χ2n) is 2.70. The zero-order valence-corrected chi connectivity index (χ0v) is 7.92. The van der Waals surface area contributed by atoms with Gasteiger partial charge in [0.05, 0.1) is 6.61 Å². The van der Waals surface area contributed by atoms with Crippen molar-refractivity contribution in [3.8, 4) is 5.88 Å². The van der Waals surface area contributed by atoms with Crippen LogP contribution in [0.4, 0.5) is 0 Å². The van der Waals surface area contributed by atoms with Crippen LogP contribution in [0.2, 0.25) is 0 Å². The summed E-state index contributed by atoms with van der Waals surface area (Å²) in [6.07, 6.45) is 5.04. The molecule has 0 fully saturated rings.